The van der Waals surface area contributed by atoms with Crippen LogP contribution in [0.15, 0.2) is 30.3 Å². The maximum atomic E-state index is 12.6. The van der Waals surface area contributed by atoms with Gasteiger partial charge in [-0.25, -0.2) is 8.42 Å². The molecule has 0 aromatic heterocycles. The van der Waals surface area contributed by atoms with E-state index in [4.69, 9.17) is 9.84 Å². The summed E-state index contributed by atoms with van der Waals surface area (Å²) in [6.07, 6.45) is 1.05. The fraction of sp³-hybridized carbons (Fsp3) is 0.500. The molecule has 1 N–H and O–H groups in total. The van der Waals surface area contributed by atoms with Gasteiger partial charge in [-0.05, 0) is 25.0 Å². The van der Waals surface area contributed by atoms with E-state index in [9.17, 15) is 13.2 Å². The van der Waals surface area contributed by atoms with Crippen molar-refractivity contribution in [3.05, 3.63) is 30.3 Å². The Morgan fingerprint density at radius 1 is 1.33 bits per heavy atom. The van der Waals surface area contributed by atoms with Crippen LogP contribution in [0.1, 0.15) is 19.3 Å². The molecule has 6 nitrogen and oxygen atoms in total. The van der Waals surface area contributed by atoms with Crippen LogP contribution in [-0.4, -0.2) is 44.5 Å². The number of sulfonamides is 1. The average Bonchev–Trinajstić information content (AvgIpc) is 2.91. The number of hydrogen-bond donors (Lipinski definition) is 1. The lowest BCUT2D eigenvalue weighted by molar-refractivity contribution is -0.136. The molecule has 2 rings (SSSR count). The molecule has 1 unspecified atom stereocenters. The van der Waals surface area contributed by atoms with Gasteiger partial charge in [0.25, 0.3) is 0 Å². The van der Waals surface area contributed by atoms with Crippen molar-refractivity contribution in [3.63, 3.8) is 0 Å². The van der Waals surface area contributed by atoms with Crippen LogP contribution >= 0.6 is 0 Å². The summed E-state index contributed by atoms with van der Waals surface area (Å²) in [4.78, 5) is 10.8. The van der Waals surface area contributed by atoms with Crippen LogP contribution < -0.4 is 4.31 Å². The lowest BCUT2D eigenvalue weighted by Crippen LogP contribution is -2.38. The molecule has 0 aliphatic carbocycles. The number of para-hydroxylation sites is 1. The third kappa shape index (κ3) is 4.44. The Kier molecular flexibility index (Phi) is 5.19. The number of benzene rings is 1. The van der Waals surface area contributed by atoms with E-state index in [1.54, 1.807) is 30.3 Å². The highest BCUT2D eigenvalue weighted by Crippen LogP contribution is 2.22. The minimum absolute atomic E-state index is 0.0750. The van der Waals surface area contributed by atoms with E-state index < -0.39 is 16.0 Å². The zero-order chi connectivity index (χ0) is 15.3. The average molecular weight is 313 g/mol. The van der Waals surface area contributed by atoms with Crippen molar-refractivity contribution in [2.75, 3.05) is 23.2 Å². The van der Waals surface area contributed by atoms with E-state index in [1.807, 2.05) is 0 Å². The number of hydrogen-bond acceptors (Lipinski definition) is 4. The summed E-state index contributed by atoms with van der Waals surface area (Å²) in [5, 5.41) is 8.81. The monoisotopic (exact) mass is 313 g/mol. The van der Waals surface area contributed by atoms with E-state index in [1.165, 1.54) is 4.31 Å². The summed E-state index contributed by atoms with van der Waals surface area (Å²) in [6, 6.07) is 8.56. The first-order valence-electron chi connectivity index (χ1n) is 6.88. The smallest absolute Gasteiger partial charge is 0.305 e. The zero-order valence-corrected chi connectivity index (χ0v) is 12.5. The van der Waals surface area contributed by atoms with Crippen molar-refractivity contribution in [3.8, 4) is 0 Å². The first kappa shape index (κ1) is 15.8. The number of anilines is 1. The molecular formula is C14H19NO5S. The van der Waals surface area contributed by atoms with Gasteiger partial charge in [-0.3, -0.25) is 9.10 Å². The van der Waals surface area contributed by atoms with Crippen molar-refractivity contribution >= 4 is 21.7 Å². The molecule has 0 amide bonds. The van der Waals surface area contributed by atoms with Gasteiger partial charge in [-0.2, -0.15) is 0 Å². The molecule has 116 valence electrons. The minimum Gasteiger partial charge on any atom is -0.481 e. The molecule has 1 aliphatic rings. The van der Waals surface area contributed by atoms with Crippen LogP contribution in [0.2, 0.25) is 0 Å². The number of rotatable bonds is 7. The second kappa shape index (κ2) is 6.91. The third-order valence-corrected chi connectivity index (χ3v) is 5.19. The Balaban J connectivity index is 2.18. The summed E-state index contributed by atoms with van der Waals surface area (Å²) in [5.41, 5.74) is 0.483. The highest BCUT2D eigenvalue weighted by molar-refractivity contribution is 7.92. The Morgan fingerprint density at radius 2 is 2.05 bits per heavy atom. The van der Waals surface area contributed by atoms with Gasteiger partial charge in [0.05, 0.1) is 24.0 Å². The Hall–Kier alpha value is -1.60. The van der Waals surface area contributed by atoms with Crippen LogP contribution in [0, 0.1) is 0 Å². The summed E-state index contributed by atoms with van der Waals surface area (Å²) < 4.78 is 31.7. The normalized spacial score (nSPS) is 18.6. The van der Waals surface area contributed by atoms with Crippen LogP contribution in [0.3, 0.4) is 0 Å². The molecule has 0 radical (unpaired) electrons. The lowest BCUT2D eigenvalue weighted by atomic mass is 10.3. The maximum absolute atomic E-state index is 12.6. The third-order valence-electron chi connectivity index (χ3n) is 3.33. The maximum Gasteiger partial charge on any atom is 0.305 e. The predicted octanol–water partition coefficient (Wildman–Crippen LogP) is 1.48. The molecule has 0 spiro atoms. The lowest BCUT2D eigenvalue weighted by Gasteiger charge is -2.25. The summed E-state index contributed by atoms with van der Waals surface area (Å²) in [7, 11) is -3.61. The molecule has 1 atom stereocenters. The van der Waals surface area contributed by atoms with E-state index in [0.29, 0.717) is 12.3 Å². The number of nitrogens with zero attached hydrogens (tertiary/aromatic N) is 1. The quantitative estimate of drug-likeness (QED) is 0.824. The Bertz CT molecular complexity index is 566. The molecule has 1 fully saturated rings. The molecular weight excluding hydrogens is 294 g/mol. The summed E-state index contributed by atoms with van der Waals surface area (Å²) >= 11 is 0. The van der Waals surface area contributed by atoms with Crippen molar-refractivity contribution < 1.29 is 23.1 Å². The minimum atomic E-state index is -3.61. The van der Waals surface area contributed by atoms with E-state index in [0.717, 1.165) is 12.8 Å². The van der Waals surface area contributed by atoms with E-state index in [-0.39, 0.29) is 24.8 Å². The van der Waals surface area contributed by atoms with Gasteiger partial charge in [0.15, 0.2) is 0 Å². The molecule has 7 heteroatoms. The number of ether oxygens (including phenoxy) is 1. The zero-order valence-electron chi connectivity index (χ0n) is 11.6. The number of carbonyl (C=O) groups is 1. The van der Waals surface area contributed by atoms with Crippen LogP contribution in [-0.2, 0) is 19.6 Å². The topological polar surface area (TPSA) is 83.9 Å². The molecule has 0 saturated carbocycles. The number of carboxylic acid groups (broad SMARTS) is 1. The van der Waals surface area contributed by atoms with Crippen molar-refractivity contribution in [2.45, 2.75) is 25.4 Å². The van der Waals surface area contributed by atoms with Crippen LogP contribution in [0.4, 0.5) is 5.69 Å². The molecule has 1 heterocycles. The molecule has 1 aliphatic heterocycles. The van der Waals surface area contributed by atoms with Gasteiger partial charge in [0, 0.05) is 13.2 Å². The summed E-state index contributed by atoms with van der Waals surface area (Å²) in [5.74, 6) is -1.13. The molecule has 1 aromatic carbocycles. The van der Waals surface area contributed by atoms with E-state index in [2.05, 4.69) is 0 Å². The van der Waals surface area contributed by atoms with Crippen molar-refractivity contribution in [2.24, 2.45) is 0 Å². The van der Waals surface area contributed by atoms with Gasteiger partial charge < -0.3 is 9.84 Å². The van der Waals surface area contributed by atoms with Gasteiger partial charge in [0.1, 0.15) is 0 Å². The fourth-order valence-corrected chi connectivity index (χ4v) is 4.05. The standard InChI is InChI=1S/C14H19NO5S/c16-14(17)8-9-15(12-5-2-1-3-6-12)21(18,19)11-13-7-4-10-20-13/h1-3,5-6,13H,4,7-11H2,(H,16,17). The van der Waals surface area contributed by atoms with Crippen LogP contribution in [0.5, 0.6) is 0 Å². The van der Waals surface area contributed by atoms with Gasteiger partial charge in [0.2, 0.25) is 10.0 Å². The molecule has 1 aromatic rings. The molecule has 21 heavy (non-hydrogen) atoms. The first-order valence-corrected chi connectivity index (χ1v) is 8.49. The van der Waals surface area contributed by atoms with Crippen molar-refractivity contribution in [1.82, 2.24) is 0 Å². The number of carboxylic acids is 1. The molecule has 0 bridgehead atoms. The van der Waals surface area contributed by atoms with Gasteiger partial charge in [-0.1, -0.05) is 18.2 Å². The molecule has 1 saturated heterocycles. The van der Waals surface area contributed by atoms with Crippen molar-refractivity contribution in [1.29, 1.82) is 0 Å². The number of aliphatic carboxylic acids is 1. The van der Waals surface area contributed by atoms with Crippen LogP contribution in [0.25, 0.3) is 0 Å². The highest BCUT2D eigenvalue weighted by Gasteiger charge is 2.29. The Labute approximate surface area is 124 Å². The SMILES string of the molecule is O=C(O)CCN(c1ccccc1)S(=O)(=O)CC1CCCO1. The van der Waals surface area contributed by atoms with Gasteiger partial charge >= 0.3 is 5.97 Å². The second-order valence-electron chi connectivity index (χ2n) is 4.97. The predicted molar refractivity (Wildman–Crippen MR) is 78.8 cm³/mol. The summed E-state index contributed by atoms with van der Waals surface area (Å²) in [6.45, 7) is 0.509. The largest absolute Gasteiger partial charge is 0.481 e. The Morgan fingerprint density at radius 3 is 2.62 bits per heavy atom. The highest BCUT2D eigenvalue weighted by atomic mass is 32.2. The first-order chi connectivity index (χ1) is 9.99. The fourth-order valence-electron chi connectivity index (χ4n) is 2.32. The second-order valence-corrected chi connectivity index (χ2v) is 6.90. The van der Waals surface area contributed by atoms with Gasteiger partial charge in [-0.15, -0.1) is 0 Å². The van der Waals surface area contributed by atoms with E-state index >= 15 is 0 Å².